The van der Waals surface area contributed by atoms with Crippen LogP contribution in [0, 0.1) is 0 Å². The standard InChI is InChI=1S/C6H6.C3H8N2O.2ClH/c1-2-4-6-5-3-1;1-5(2)3(4)6;;/h1-6H;1-2H3,(H2,4,6);2*1H. The second-order valence-corrected chi connectivity index (χ2v) is 2.39. The van der Waals surface area contributed by atoms with Gasteiger partial charge in [0.15, 0.2) is 0 Å². The maximum absolute atomic E-state index is 9.85. The van der Waals surface area contributed by atoms with Gasteiger partial charge < -0.3 is 10.6 Å². The van der Waals surface area contributed by atoms with Crippen LogP contribution in [-0.2, 0) is 0 Å². The SMILES string of the molecule is CN(C)C(N)=O.Cl.Cl.c1ccccc1. The average Bonchev–Trinajstić information content (AvgIpc) is 2.08. The number of amides is 2. The summed E-state index contributed by atoms with van der Waals surface area (Å²) in [4.78, 5) is 11.2. The Labute approximate surface area is 97.1 Å². The summed E-state index contributed by atoms with van der Waals surface area (Å²) in [7, 11) is 3.20. The van der Waals surface area contributed by atoms with Crippen LogP contribution in [0.1, 0.15) is 0 Å². The van der Waals surface area contributed by atoms with E-state index in [0.29, 0.717) is 0 Å². The lowest BCUT2D eigenvalue weighted by Crippen LogP contribution is -2.27. The number of urea groups is 1. The number of nitrogens with two attached hydrogens (primary N) is 1. The Morgan fingerprint density at radius 3 is 1.14 bits per heavy atom. The van der Waals surface area contributed by atoms with Crippen LogP contribution in [0.5, 0.6) is 0 Å². The molecule has 1 rings (SSSR count). The van der Waals surface area contributed by atoms with Crippen LogP contribution < -0.4 is 5.73 Å². The van der Waals surface area contributed by atoms with E-state index in [2.05, 4.69) is 0 Å². The van der Waals surface area contributed by atoms with Gasteiger partial charge in [-0.05, 0) is 0 Å². The first kappa shape index (κ1) is 18.8. The Hall–Kier alpha value is -0.930. The van der Waals surface area contributed by atoms with Gasteiger partial charge >= 0.3 is 6.03 Å². The van der Waals surface area contributed by atoms with E-state index in [4.69, 9.17) is 5.73 Å². The largest absolute Gasteiger partial charge is 0.352 e. The average molecular weight is 239 g/mol. The Morgan fingerprint density at radius 2 is 1.07 bits per heavy atom. The fraction of sp³-hybridized carbons (Fsp3) is 0.222. The molecule has 2 N–H and O–H groups in total. The summed E-state index contributed by atoms with van der Waals surface area (Å²) < 4.78 is 0. The highest BCUT2D eigenvalue weighted by atomic mass is 35.5. The van der Waals surface area contributed by atoms with Crippen molar-refractivity contribution in [3.05, 3.63) is 36.4 Å². The van der Waals surface area contributed by atoms with Gasteiger partial charge in [0, 0.05) is 14.1 Å². The normalized spacial score (nSPS) is 6.71. The molecule has 0 heterocycles. The van der Waals surface area contributed by atoms with Crippen molar-refractivity contribution >= 4 is 30.8 Å². The van der Waals surface area contributed by atoms with Crippen molar-refractivity contribution in [2.75, 3.05) is 14.1 Å². The van der Waals surface area contributed by atoms with Crippen molar-refractivity contribution in [2.24, 2.45) is 5.73 Å². The van der Waals surface area contributed by atoms with Crippen molar-refractivity contribution in [1.29, 1.82) is 0 Å². The first-order chi connectivity index (χ1) is 5.64. The highest BCUT2D eigenvalue weighted by Crippen LogP contribution is 1.79. The minimum atomic E-state index is -0.407. The molecule has 14 heavy (non-hydrogen) atoms. The van der Waals surface area contributed by atoms with Crippen LogP contribution in [0.2, 0.25) is 0 Å². The minimum absolute atomic E-state index is 0. The molecule has 0 bridgehead atoms. The number of halogens is 2. The highest BCUT2D eigenvalue weighted by molar-refractivity contribution is 5.85. The van der Waals surface area contributed by atoms with E-state index < -0.39 is 6.03 Å². The molecule has 0 aliphatic carbocycles. The quantitative estimate of drug-likeness (QED) is 0.740. The smallest absolute Gasteiger partial charge is 0.314 e. The lowest BCUT2D eigenvalue weighted by Gasteiger charge is -2.01. The van der Waals surface area contributed by atoms with E-state index in [9.17, 15) is 4.79 Å². The molecule has 0 fully saturated rings. The van der Waals surface area contributed by atoms with Crippen LogP contribution in [0.15, 0.2) is 36.4 Å². The third-order valence-corrected chi connectivity index (χ3v) is 1.11. The summed E-state index contributed by atoms with van der Waals surface area (Å²) >= 11 is 0. The maximum atomic E-state index is 9.85. The molecule has 0 aliphatic rings. The van der Waals surface area contributed by atoms with Crippen molar-refractivity contribution in [3.8, 4) is 0 Å². The van der Waals surface area contributed by atoms with Crippen LogP contribution >= 0.6 is 24.8 Å². The second kappa shape index (κ2) is 12.1. The molecular formula is C9H16Cl2N2O. The number of benzene rings is 1. The third kappa shape index (κ3) is 13.6. The zero-order valence-corrected chi connectivity index (χ0v) is 9.85. The number of hydrogen-bond acceptors (Lipinski definition) is 1. The van der Waals surface area contributed by atoms with Crippen molar-refractivity contribution in [1.82, 2.24) is 4.90 Å². The summed E-state index contributed by atoms with van der Waals surface area (Å²) in [5, 5.41) is 0. The topological polar surface area (TPSA) is 46.3 Å². The van der Waals surface area contributed by atoms with Crippen LogP contribution in [0.4, 0.5) is 4.79 Å². The number of rotatable bonds is 0. The molecule has 0 radical (unpaired) electrons. The molecule has 5 heteroatoms. The molecule has 1 aromatic carbocycles. The molecular weight excluding hydrogens is 223 g/mol. The highest BCUT2D eigenvalue weighted by Gasteiger charge is 1.88. The van der Waals surface area contributed by atoms with Crippen LogP contribution in [-0.4, -0.2) is 25.0 Å². The molecule has 0 aliphatic heterocycles. The van der Waals surface area contributed by atoms with Crippen molar-refractivity contribution < 1.29 is 4.79 Å². The van der Waals surface area contributed by atoms with E-state index >= 15 is 0 Å². The molecule has 2 amide bonds. The number of hydrogen-bond donors (Lipinski definition) is 1. The van der Waals surface area contributed by atoms with Crippen LogP contribution in [0.3, 0.4) is 0 Å². The molecule has 0 saturated heterocycles. The molecule has 0 spiro atoms. The number of carbonyl (C=O) groups is 1. The van der Waals surface area contributed by atoms with Gasteiger partial charge in [0.2, 0.25) is 0 Å². The van der Waals surface area contributed by atoms with E-state index in [1.807, 2.05) is 36.4 Å². The molecule has 3 nitrogen and oxygen atoms in total. The van der Waals surface area contributed by atoms with Crippen LogP contribution in [0.25, 0.3) is 0 Å². The fourth-order valence-corrected chi connectivity index (χ4v) is 0.385. The van der Waals surface area contributed by atoms with E-state index in [1.165, 1.54) is 4.90 Å². The Bertz CT molecular complexity index is 191. The molecule has 0 saturated carbocycles. The number of nitrogens with zero attached hydrogens (tertiary/aromatic N) is 1. The van der Waals surface area contributed by atoms with E-state index in [-0.39, 0.29) is 24.8 Å². The molecule has 1 aromatic rings. The number of primary amides is 1. The Balaban J connectivity index is -0.000000151. The summed E-state index contributed by atoms with van der Waals surface area (Å²) in [6.45, 7) is 0. The van der Waals surface area contributed by atoms with Crippen molar-refractivity contribution in [2.45, 2.75) is 0 Å². The Morgan fingerprint density at radius 1 is 0.929 bits per heavy atom. The Kier molecular flexibility index (Phi) is 16.2. The molecule has 0 aromatic heterocycles. The fourth-order valence-electron chi connectivity index (χ4n) is 0.385. The van der Waals surface area contributed by atoms with Gasteiger partial charge in [-0.3, -0.25) is 0 Å². The van der Waals surface area contributed by atoms with E-state index in [1.54, 1.807) is 14.1 Å². The van der Waals surface area contributed by atoms with Gasteiger partial charge in [-0.1, -0.05) is 36.4 Å². The lowest BCUT2D eigenvalue weighted by molar-refractivity contribution is 0.227. The maximum Gasteiger partial charge on any atom is 0.314 e. The summed E-state index contributed by atoms with van der Waals surface area (Å²) in [5.74, 6) is 0. The molecule has 82 valence electrons. The summed E-state index contributed by atoms with van der Waals surface area (Å²) in [6, 6.07) is 11.6. The molecule has 0 atom stereocenters. The first-order valence-electron chi connectivity index (χ1n) is 3.61. The van der Waals surface area contributed by atoms with Gasteiger partial charge in [0.25, 0.3) is 0 Å². The van der Waals surface area contributed by atoms with E-state index in [0.717, 1.165) is 0 Å². The monoisotopic (exact) mass is 238 g/mol. The second-order valence-electron chi connectivity index (χ2n) is 2.39. The minimum Gasteiger partial charge on any atom is -0.352 e. The zero-order chi connectivity index (χ0) is 9.40. The van der Waals surface area contributed by atoms with Gasteiger partial charge in [-0.2, -0.15) is 0 Å². The number of carbonyl (C=O) groups excluding carboxylic acids is 1. The zero-order valence-electron chi connectivity index (χ0n) is 8.21. The van der Waals surface area contributed by atoms with Gasteiger partial charge in [-0.25, -0.2) is 4.79 Å². The molecule has 0 unspecified atom stereocenters. The lowest BCUT2D eigenvalue weighted by atomic mass is 10.4. The summed E-state index contributed by atoms with van der Waals surface area (Å²) in [5.41, 5.74) is 4.72. The third-order valence-electron chi connectivity index (χ3n) is 1.11. The predicted molar refractivity (Wildman–Crippen MR) is 64.2 cm³/mol. The summed E-state index contributed by atoms with van der Waals surface area (Å²) in [6.07, 6.45) is 0. The first-order valence-corrected chi connectivity index (χ1v) is 3.61. The van der Waals surface area contributed by atoms with Gasteiger partial charge in [-0.15, -0.1) is 24.8 Å². The predicted octanol–water partition coefficient (Wildman–Crippen LogP) is 2.16. The van der Waals surface area contributed by atoms with Gasteiger partial charge in [0.1, 0.15) is 0 Å². The van der Waals surface area contributed by atoms with Crippen molar-refractivity contribution in [3.63, 3.8) is 0 Å². The van der Waals surface area contributed by atoms with Gasteiger partial charge in [0.05, 0.1) is 0 Å².